The zero-order valence-corrected chi connectivity index (χ0v) is 10.3. The molecule has 1 N–H and O–H groups in total. The van der Waals surface area contributed by atoms with Gasteiger partial charge in [-0.3, -0.25) is 4.79 Å². The van der Waals surface area contributed by atoms with Crippen LogP contribution in [0.15, 0.2) is 24.3 Å². The van der Waals surface area contributed by atoms with Crippen molar-refractivity contribution in [2.45, 2.75) is 31.4 Å². The highest BCUT2D eigenvalue weighted by atomic mass is 32.2. The van der Waals surface area contributed by atoms with Crippen LogP contribution in [-0.2, 0) is 4.79 Å². The highest BCUT2D eigenvalue weighted by molar-refractivity contribution is 8.00. The van der Waals surface area contributed by atoms with Gasteiger partial charge in [-0.1, -0.05) is 24.1 Å². The van der Waals surface area contributed by atoms with Gasteiger partial charge in [0.15, 0.2) is 0 Å². The van der Waals surface area contributed by atoms with E-state index in [1.807, 2.05) is 31.2 Å². The van der Waals surface area contributed by atoms with Crippen molar-refractivity contribution in [2.24, 2.45) is 0 Å². The Bertz CT molecular complexity index is 355. The molecule has 0 aliphatic carbocycles. The van der Waals surface area contributed by atoms with Gasteiger partial charge in [0.2, 0.25) is 5.91 Å². The Balaban J connectivity index is 1.93. The zero-order valence-electron chi connectivity index (χ0n) is 9.53. The van der Waals surface area contributed by atoms with Crippen LogP contribution in [-0.4, -0.2) is 16.9 Å². The summed E-state index contributed by atoms with van der Waals surface area (Å²) in [6.07, 6.45) is 3.44. The molecule has 1 saturated heterocycles. The first-order chi connectivity index (χ1) is 7.75. The lowest BCUT2D eigenvalue weighted by Gasteiger charge is -2.20. The van der Waals surface area contributed by atoms with Crippen molar-refractivity contribution >= 4 is 23.4 Å². The fourth-order valence-electron chi connectivity index (χ4n) is 1.81. The molecule has 3 heteroatoms. The molecule has 1 unspecified atom stereocenters. The minimum Gasteiger partial charge on any atom is -0.325 e. The predicted molar refractivity (Wildman–Crippen MR) is 69.9 cm³/mol. The van der Waals surface area contributed by atoms with Gasteiger partial charge in [0, 0.05) is 5.69 Å². The fraction of sp³-hybridized carbons (Fsp3) is 0.462. The normalized spacial score (nSPS) is 20.4. The van der Waals surface area contributed by atoms with Gasteiger partial charge in [0.1, 0.15) is 0 Å². The number of carbonyl (C=O) groups is 1. The quantitative estimate of drug-likeness (QED) is 0.852. The molecule has 1 heterocycles. The van der Waals surface area contributed by atoms with E-state index in [4.69, 9.17) is 0 Å². The van der Waals surface area contributed by atoms with Gasteiger partial charge in [-0.15, -0.1) is 11.8 Å². The standard InChI is InChI=1S/C13H17NOS/c1-10-5-7-11(8-6-10)14-13(15)12-4-2-3-9-16-12/h5-8,12H,2-4,9H2,1H3,(H,14,15). The summed E-state index contributed by atoms with van der Waals surface area (Å²) in [6.45, 7) is 2.04. The molecule has 1 aromatic carbocycles. The van der Waals surface area contributed by atoms with Crippen LogP contribution < -0.4 is 5.32 Å². The van der Waals surface area contributed by atoms with E-state index < -0.39 is 0 Å². The Morgan fingerprint density at radius 2 is 2.06 bits per heavy atom. The Morgan fingerprint density at radius 1 is 1.31 bits per heavy atom. The Labute approximate surface area is 101 Å². The SMILES string of the molecule is Cc1ccc(NC(=O)C2CCCCS2)cc1. The smallest absolute Gasteiger partial charge is 0.237 e. The Kier molecular flexibility index (Phi) is 3.88. The highest BCUT2D eigenvalue weighted by Gasteiger charge is 2.21. The van der Waals surface area contributed by atoms with Crippen LogP contribution >= 0.6 is 11.8 Å². The molecular weight excluding hydrogens is 218 g/mol. The van der Waals surface area contributed by atoms with Crippen molar-refractivity contribution in [3.05, 3.63) is 29.8 Å². The Morgan fingerprint density at radius 3 is 2.69 bits per heavy atom. The zero-order chi connectivity index (χ0) is 11.4. The van der Waals surface area contributed by atoms with Crippen LogP contribution in [0.3, 0.4) is 0 Å². The molecule has 0 spiro atoms. The second-order valence-electron chi connectivity index (χ2n) is 4.21. The summed E-state index contributed by atoms with van der Waals surface area (Å²) in [5.41, 5.74) is 2.12. The third-order valence-electron chi connectivity index (χ3n) is 2.79. The molecular formula is C13H17NOS. The van der Waals surface area contributed by atoms with Crippen molar-refractivity contribution in [3.63, 3.8) is 0 Å². The average molecular weight is 235 g/mol. The van der Waals surface area contributed by atoms with Crippen molar-refractivity contribution in [2.75, 3.05) is 11.1 Å². The molecule has 2 rings (SSSR count). The van der Waals surface area contributed by atoms with E-state index in [-0.39, 0.29) is 11.2 Å². The lowest BCUT2D eigenvalue weighted by atomic mass is 10.1. The minimum atomic E-state index is 0.148. The van der Waals surface area contributed by atoms with Crippen LogP contribution in [0.25, 0.3) is 0 Å². The third kappa shape index (κ3) is 3.01. The molecule has 2 nitrogen and oxygen atoms in total. The molecule has 0 aromatic heterocycles. The Hall–Kier alpha value is -0.960. The molecule has 0 bridgehead atoms. The van der Waals surface area contributed by atoms with Gasteiger partial charge < -0.3 is 5.32 Å². The number of carbonyl (C=O) groups excluding carboxylic acids is 1. The number of aryl methyl sites for hydroxylation is 1. The molecule has 0 radical (unpaired) electrons. The molecule has 1 aromatic rings. The fourth-order valence-corrected chi connectivity index (χ4v) is 3.01. The third-order valence-corrected chi connectivity index (χ3v) is 4.17. The van der Waals surface area contributed by atoms with E-state index in [0.717, 1.165) is 17.9 Å². The van der Waals surface area contributed by atoms with Gasteiger partial charge in [-0.25, -0.2) is 0 Å². The van der Waals surface area contributed by atoms with Crippen LogP contribution in [0.4, 0.5) is 5.69 Å². The largest absolute Gasteiger partial charge is 0.325 e. The van der Waals surface area contributed by atoms with E-state index >= 15 is 0 Å². The lowest BCUT2D eigenvalue weighted by Crippen LogP contribution is -2.27. The summed E-state index contributed by atoms with van der Waals surface area (Å²) in [7, 11) is 0. The average Bonchev–Trinajstić information content (AvgIpc) is 2.33. The number of hydrogen-bond acceptors (Lipinski definition) is 2. The van der Waals surface area contributed by atoms with Gasteiger partial charge in [-0.05, 0) is 37.7 Å². The number of thioether (sulfide) groups is 1. The summed E-state index contributed by atoms with van der Waals surface area (Å²) in [5.74, 6) is 1.28. The number of nitrogens with one attached hydrogen (secondary N) is 1. The van der Waals surface area contributed by atoms with Gasteiger partial charge in [0.05, 0.1) is 5.25 Å². The van der Waals surface area contributed by atoms with Crippen molar-refractivity contribution in [3.8, 4) is 0 Å². The van der Waals surface area contributed by atoms with E-state index in [1.165, 1.54) is 18.4 Å². The highest BCUT2D eigenvalue weighted by Crippen LogP contribution is 2.26. The van der Waals surface area contributed by atoms with Crippen molar-refractivity contribution in [1.29, 1.82) is 0 Å². The molecule has 0 saturated carbocycles. The summed E-state index contributed by atoms with van der Waals surface area (Å²) in [5, 5.41) is 3.13. The van der Waals surface area contributed by atoms with Gasteiger partial charge >= 0.3 is 0 Å². The number of rotatable bonds is 2. The number of benzene rings is 1. The van der Waals surface area contributed by atoms with E-state index in [0.29, 0.717) is 0 Å². The van der Waals surface area contributed by atoms with Gasteiger partial charge in [-0.2, -0.15) is 0 Å². The van der Waals surface area contributed by atoms with Crippen LogP contribution in [0.1, 0.15) is 24.8 Å². The minimum absolute atomic E-state index is 0.148. The molecule has 1 fully saturated rings. The van der Waals surface area contributed by atoms with E-state index in [1.54, 1.807) is 11.8 Å². The first kappa shape index (κ1) is 11.5. The van der Waals surface area contributed by atoms with Crippen molar-refractivity contribution in [1.82, 2.24) is 0 Å². The van der Waals surface area contributed by atoms with Crippen LogP contribution in [0, 0.1) is 6.92 Å². The maximum Gasteiger partial charge on any atom is 0.237 e. The molecule has 86 valence electrons. The maximum atomic E-state index is 11.9. The second kappa shape index (κ2) is 5.39. The van der Waals surface area contributed by atoms with Gasteiger partial charge in [0.25, 0.3) is 0 Å². The summed E-state index contributed by atoms with van der Waals surface area (Å²) >= 11 is 1.78. The predicted octanol–water partition coefficient (Wildman–Crippen LogP) is 3.22. The van der Waals surface area contributed by atoms with Crippen LogP contribution in [0.5, 0.6) is 0 Å². The van der Waals surface area contributed by atoms with E-state index in [2.05, 4.69) is 5.32 Å². The molecule has 1 aliphatic heterocycles. The number of hydrogen-bond donors (Lipinski definition) is 1. The molecule has 1 atom stereocenters. The summed E-state index contributed by atoms with van der Waals surface area (Å²) in [4.78, 5) is 11.9. The number of amides is 1. The first-order valence-electron chi connectivity index (χ1n) is 5.75. The molecule has 1 amide bonds. The monoisotopic (exact) mass is 235 g/mol. The van der Waals surface area contributed by atoms with Crippen LogP contribution in [0.2, 0.25) is 0 Å². The molecule has 1 aliphatic rings. The first-order valence-corrected chi connectivity index (χ1v) is 6.80. The molecule has 16 heavy (non-hydrogen) atoms. The topological polar surface area (TPSA) is 29.1 Å². The van der Waals surface area contributed by atoms with E-state index in [9.17, 15) is 4.79 Å². The maximum absolute atomic E-state index is 11.9. The van der Waals surface area contributed by atoms with Crippen molar-refractivity contribution < 1.29 is 4.79 Å². The summed E-state index contributed by atoms with van der Waals surface area (Å²) < 4.78 is 0. The summed E-state index contributed by atoms with van der Waals surface area (Å²) in [6, 6.07) is 7.95. The number of anilines is 1. The lowest BCUT2D eigenvalue weighted by molar-refractivity contribution is -0.115. The second-order valence-corrected chi connectivity index (χ2v) is 5.52.